The third-order valence-electron chi connectivity index (χ3n) is 8.10. The number of carbonyl (C=O) groups is 2. The number of piperazine rings is 1. The molecule has 3 aromatic rings. The summed E-state index contributed by atoms with van der Waals surface area (Å²) in [5.74, 6) is -0.880. The molecule has 2 atom stereocenters. The van der Waals surface area contributed by atoms with Crippen molar-refractivity contribution >= 4 is 35.1 Å². The van der Waals surface area contributed by atoms with Gasteiger partial charge in [-0.3, -0.25) is 19.3 Å². The lowest BCUT2D eigenvalue weighted by molar-refractivity contribution is 0.101. The first-order chi connectivity index (χ1) is 20.5. The van der Waals surface area contributed by atoms with Crippen molar-refractivity contribution in [2.75, 3.05) is 48.3 Å². The molecule has 2 aromatic heterocycles. The van der Waals surface area contributed by atoms with Crippen molar-refractivity contribution < 1.29 is 22.8 Å². The van der Waals surface area contributed by atoms with Gasteiger partial charge in [-0.25, -0.2) is 23.1 Å². The van der Waals surface area contributed by atoms with E-state index in [1.807, 2.05) is 22.9 Å². The number of likely N-dealkylation sites (N-methyl/N-ethyl adjacent to an activating group) is 1. The molecule has 5 rings (SSSR count). The molecule has 1 amide bonds. The quantitative estimate of drug-likeness (QED) is 0.392. The first kappa shape index (κ1) is 30.0. The number of nitrogens with zero attached hydrogens (tertiary/aromatic N) is 5. The molecule has 0 aliphatic carbocycles. The van der Waals surface area contributed by atoms with E-state index in [9.17, 15) is 23.2 Å². The predicted molar refractivity (Wildman–Crippen MR) is 157 cm³/mol. The fourth-order valence-electron chi connectivity index (χ4n) is 5.48. The number of alkyl halides is 2. The highest BCUT2D eigenvalue weighted by molar-refractivity contribution is 6.07. The minimum Gasteiger partial charge on any atom is -0.367 e. The molecule has 10 nitrogen and oxygen atoms in total. The van der Waals surface area contributed by atoms with Crippen molar-refractivity contribution in [1.29, 1.82) is 0 Å². The zero-order chi connectivity index (χ0) is 30.8. The number of nitrogens with one attached hydrogen (secondary N) is 2. The highest BCUT2D eigenvalue weighted by atomic mass is 19.3. The number of anilines is 3. The van der Waals surface area contributed by atoms with Crippen molar-refractivity contribution in [2.24, 2.45) is 0 Å². The van der Waals surface area contributed by atoms with Gasteiger partial charge in [0.25, 0.3) is 12.3 Å². The van der Waals surface area contributed by atoms with Gasteiger partial charge in [-0.15, -0.1) is 0 Å². The van der Waals surface area contributed by atoms with Crippen LogP contribution in [-0.2, 0) is 0 Å². The normalized spacial score (nSPS) is 19.4. The molecule has 0 radical (unpaired) electrons. The fraction of sp³-hybridized carbons (Fsp3) is 0.367. The van der Waals surface area contributed by atoms with Crippen molar-refractivity contribution in [2.45, 2.75) is 38.8 Å². The summed E-state index contributed by atoms with van der Waals surface area (Å²) >= 11 is 0. The summed E-state index contributed by atoms with van der Waals surface area (Å²) in [4.78, 5) is 52.7. The zero-order valence-corrected chi connectivity index (χ0v) is 24.0. The van der Waals surface area contributed by atoms with Crippen LogP contribution >= 0.6 is 0 Å². The minimum atomic E-state index is -3.04. The molecule has 0 bridgehead atoms. The second-order valence-corrected chi connectivity index (χ2v) is 10.9. The number of hydrogen-bond donors (Lipinski definition) is 2. The SMILES string of the molecule is C[C@@H]1CN(c2cc(F)c(C3=CCN(c4ncc(C=O)cn4)CC3)cc2NC(=O)c2c[nH]c(=O)cc2C(F)F)C[C@H](C)N1C. The van der Waals surface area contributed by atoms with E-state index in [0.29, 0.717) is 67.7 Å². The summed E-state index contributed by atoms with van der Waals surface area (Å²) in [6, 6.07) is 3.89. The van der Waals surface area contributed by atoms with E-state index in [-0.39, 0.29) is 28.9 Å². The Morgan fingerprint density at radius 3 is 2.42 bits per heavy atom. The molecule has 0 unspecified atom stereocenters. The Morgan fingerprint density at radius 2 is 1.81 bits per heavy atom. The number of halogens is 3. The van der Waals surface area contributed by atoms with Gasteiger partial charge >= 0.3 is 0 Å². The Hall–Kier alpha value is -4.52. The molecule has 1 aromatic carbocycles. The van der Waals surface area contributed by atoms with Crippen LogP contribution in [0.3, 0.4) is 0 Å². The molecule has 0 saturated carbocycles. The number of aromatic amines is 1. The number of aromatic nitrogens is 3. The Morgan fingerprint density at radius 1 is 1.12 bits per heavy atom. The van der Waals surface area contributed by atoms with Gasteiger partial charge < -0.3 is 20.1 Å². The van der Waals surface area contributed by atoms with Crippen LogP contribution in [0.15, 0.2) is 47.7 Å². The Bertz CT molecular complexity index is 1600. The monoisotopic (exact) mass is 595 g/mol. The average molecular weight is 596 g/mol. The molecular formula is C30H32F3N7O3. The number of amides is 1. The van der Waals surface area contributed by atoms with E-state index in [0.717, 1.165) is 6.20 Å². The van der Waals surface area contributed by atoms with Gasteiger partial charge in [0.15, 0.2) is 6.29 Å². The van der Waals surface area contributed by atoms with E-state index >= 15 is 4.39 Å². The summed E-state index contributed by atoms with van der Waals surface area (Å²) in [7, 11) is 2.02. The molecule has 4 heterocycles. The molecule has 226 valence electrons. The minimum absolute atomic E-state index is 0.134. The lowest BCUT2D eigenvalue weighted by Crippen LogP contribution is -2.55. The van der Waals surface area contributed by atoms with Gasteiger partial charge in [0.1, 0.15) is 5.82 Å². The lowest BCUT2D eigenvalue weighted by atomic mass is 9.97. The summed E-state index contributed by atoms with van der Waals surface area (Å²) in [6.45, 7) is 6.10. The van der Waals surface area contributed by atoms with Crippen LogP contribution in [-0.4, -0.2) is 77.4 Å². The number of aldehydes is 1. The van der Waals surface area contributed by atoms with Crippen LogP contribution in [0.25, 0.3) is 5.57 Å². The van der Waals surface area contributed by atoms with E-state index in [4.69, 9.17) is 0 Å². The number of H-pyrrole nitrogens is 1. The van der Waals surface area contributed by atoms with Gasteiger partial charge in [-0.05, 0) is 45.0 Å². The van der Waals surface area contributed by atoms with Crippen LogP contribution in [0, 0.1) is 5.82 Å². The highest BCUT2D eigenvalue weighted by Crippen LogP contribution is 2.36. The smallest absolute Gasteiger partial charge is 0.264 e. The van der Waals surface area contributed by atoms with E-state index in [1.54, 1.807) is 6.07 Å². The topological polar surface area (TPSA) is 115 Å². The van der Waals surface area contributed by atoms with E-state index < -0.39 is 29.3 Å². The Kier molecular flexibility index (Phi) is 8.62. The second-order valence-electron chi connectivity index (χ2n) is 10.9. The van der Waals surface area contributed by atoms with Crippen LogP contribution in [0.1, 0.15) is 58.5 Å². The lowest BCUT2D eigenvalue weighted by Gasteiger charge is -2.44. The van der Waals surface area contributed by atoms with Gasteiger partial charge in [-0.1, -0.05) is 6.08 Å². The van der Waals surface area contributed by atoms with Gasteiger partial charge in [0.2, 0.25) is 11.5 Å². The van der Waals surface area contributed by atoms with Crippen LogP contribution in [0.4, 0.5) is 30.5 Å². The second kappa shape index (κ2) is 12.4. The number of benzene rings is 1. The molecule has 1 saturated heterocycles. The molecule has 0 spiro atoms. The largest absolute Gasteiger partial charge is 0.367 e. The number of carbonyl (C=O) groups excluding carboxylic acids is 2. The summed E-state index contributed by atoms with van der Waals surface area (Å²) in [5, 5.41) is 2.73. The number of pyridine rings is 1. The molecule has 2 N–H and O–H groups in total. The average Bonchev–Trinajstić information content (AvgIpc) is 3.00. The Balaban J connectivity index is 1.50. The summed E-state index contributed by atoms with van der Waals surface area (Å²) in [5.41, 5.74) is 0.240. The molecule has 43 heavy (non-hydrogen) atoms. The third kappa shape index (κ3) is 6.31. The summed E-state index contributed by atoms with van der Waals surface area (Å²) in [6.07, 6.45) is 3.75. The standard InChI is InChI=1S/C30H32F3N7O3/c1-17-14-40(15-18(2)38(17)3)26-10-24(31)21(20-4-6-39(7-5-20)30-35-11-19(16-41)12-36-30)8-25(26)37-29(43)23-13-34-27(42)9-22(23)28(32)33/h4,8-13,16-18,28H,5-7,14-15H2,1-3H3,(H,34,42)(H,37,43)/t17-,18+. The van der Waals surface area contributed by atoms with Crippen LogP contribution < -0.4 is 20.7 Å². The molecule has 13 heteroatoms. The molecule has 2 aliphatic heterocycles. The maximum Gasteiger partial charge on any atom is 0.264 e. The van der Waals surface area contributed by atoms with E-state index in [1.165, 1.54) is 18.5 Å². The highest BCUT2D eigenvalue weighted by Gasteiger charge is 2.30. The molecular weight excluding hydrogens is 563 g/mol. The Labute approximate surface area is 246 Å². The fourth-order valence-corrected chi connectivity index (χ4v) is 5.48. The van der Waals surface area contributed by atoms with Gasteiger partial charge in [-0.2, -0.15) is 0 Å². The van der Waals surface area contributed by atoms with E-state index in [2.05, 4.69) is 39.0 Å². The first-order valence-corrected chi connectivity index (χ1v) is 13.9. The number of rotatable bonds is 7. The van der Waals surface area contributed by atoms with Crippen molar-refractivity contribution in [1.82, 2.24) is 19.9 Å². The van der Waals surface area contributed by atoms with Crippen molar-refractivity contribution in [3.8, 4) is 0 Å². The van der Waals surface area contributed by atoms with Gasteiger partial charge in [0.05, 0.1) is 22.5 Å². The van der Waals surface area contributed by atoms with Crippen LogP contribution in [0.2, 0.25) is 0 Å². The van der Waals surface area contributed by atoms with Crippen LogP contribution in [0.5, 0.6) is 0 Å². The molecule has 2 aliphatic rings. The number of hydrogen-bond acceptors (Lipinski definition) is 8. The zero-order valence-electron chi connectivity index (χ0n) is 24.0. The third-order valence-corrected chi connectivity index (χ3v) is 8.10. The predicted octanol–water partition coefficient (Wildman–Crippen LogP) is 4.13. The van der Waals surface area contributed by atoms with Crippen molar-refractivity contribution in [3.63, 3.8) is 0 Å². The maximum absolute atomic E-state index is 15.8. The first-order valence-electron chi connectivity index (χ1n) is 13.9. The van der Waals surface area contributed by atoms with Crippen molar-refractivity contribution in [3.05, 3.63) is 81.3 Å². The molecule has 1 fully saturated rings. The maximum atomic E-state index is 15.8. The van der Waals surface area contributed by atoms with Gasteiger partial charge in [0, 0.05) is 74.0 Å². The summed E-state index contributed by atoms with van der Waals surface area (Å²) < 4.78 is 43.3.